The van der Waals surface area contributed by atoms with Gasteiger partial charge in [-0.05, 0) is 48.8 Å². The highest BCUT2D eigenvalue weighted by atomic mass is 19.1. The number of rotatable bonds is 3. The fourth-order valence-electron chi connectivity index (χ4n) is 4.43. The molecule has 0 fully saturated rings. The molecule has 0 saturated carbocycles. The summed E-state index contributed by atoms with van der Waals surface area (Å²) in [4.78, 5) is 8.57. The summed E-state index contributed by atoms with van der Waals surface area (Å²) in [5, 5.41) is 9.34. The number of aryl methyl sites for hydroxylation is 1. The molecule has 0 radical (unpaired) electrons. The van der Waals surface area contributed by atoms with Gasteiger partial charge >= 0.3 is 0 Å². The number of nitrogens with one attached hydrogen (secondary N) is 1. The van der Waals surface area contributed by atoms with Crippen molar-refractivity contribution in [2.24, 2.45) is 0 Å². The molecular formula is C24H26FN7. The molecular weight excluding hydrogens is 405 g/mol. The molecule has 4 heterocycles. The van der Waals surface area contributed by atoms with Crippen molar-refractivity contribution in [2.45, 2.75) is 45.6 Å². The number of fused-ring (bicyclic) bond motifs is 2. The van der Waals surface area contributed by atoms with Crippen LogP contribution in [0.2, 0.25) is 0 Å². The third-order valence-electron chi connectivity index (χ3n) is 6.37. The Balaban J connectivity index is 1.55. The average molecular weight is 432 g/mol. The zero-order valence-electron chi connectivity index (χ0n) is 18.2. The van der Waals surface area contributed by atoms with Crippen molar-refractivity contribution in [3.63, 3.8) is 0 Å². The molecule has 1 aromatic carbocycles. The van der Waals surface area contributed by atoms with E-state index < -0.39 is 5.82 Å². The minimum atomic E-state index is -0.498. The maximum Gasteiger partial charge on any atom is 0.154 e. The monoisotopic (exact) mass is 431 g/mol. The summed E-state index contributed by atoms with van der Waals surface area (Å²) >= 11 is 0. The molecule has 1 aliphatic heterocycles. The number of aromatic nitrogens is 4. The Labute approximate surface area is 185 Å². The topological polar surface area (TPSA) is 108 Å². The third kappa shape index (κ3) is 3.41. The molecule has 5 rings (SSSR count). The predicted octanol–water partition coefficient (Wildman–Crippen LogP) is 5.14. The Bertz CT molecular complexity index is 1330. The minimum Gasteiger partial charge on any atom is -0.397 e. The van der Waals surface area contributed by atoms with Crippen molar-refractivity contribution in [1.82, 2.24) is 19.7 Å². The normalized spacial score (nSPS) is 16.0. The van der Waals surface area contributed by atoms with E-state index in [9.17, 15) is 0 Å². The molecule has 0 aliphatic carbocycles. The number of pyridine rings is 2. The van der Waals surface area contributed by atoms with Crippen molar-refractivity contribution in [1.29, 1.82) is 0 Å². The molecule has 4 aromatic rings. The van der Waals surface area contributed by atoms with Gasteiger partial charge in [-0.1, -0.05) is 13.3 Å². The highest BCUT2D eigenvalue weighted by Crippen LogP contribution is 2.36. The summed E-state index contributed by atoms with van der Waals surface area (Å²) in [7, 11) is 0. The minimum absolute atomic E-state index is 0.0564. The van der Waals surface area contributed by atoms with Gasteiger partial charge in [-0.15, -0.1) is 0 Å². The molecule has 0 amide bonds. The first-order valence-electron chi connectivity index (χ1n) is 10.9. The molecule has 1 aliphatic rings. The van der Waals surface area contributed by atoms with Gasteiger partial charge in [0.25, 0.3) is 0 Å². The number of nitrogens with zero attached hydrogens (tertiary/aromatic N) is 4. The van der Waals surface area contributed by atoms with Crippen molar-refractivity contribution in [3.8, 4) is 11.1 Å². The van der Waals surface area contributed by atoms with Crippen molar-refractivity contribution in [2.75, 3.05) is 16.8 Å². The number of benzene rings is 1. The summed E-state index contributed by atoms with van der Waals surface area (Å²) in [6.45, 7) is 5.01. The van der Waals surface area contributed by atoms with E-state index in [0.29, 0.717) is 33.9 Å². The molecule has 0 spiro atoms. The third-order valence-corrected chi connectivity index (χ3v) is 6.37. The molecule has 3 aromatic heterocycles. The van der Waals surface area contributed by atoms with Gasteiger partial charge in [-0.2, -0.15) is 5.10 Å². The summed E-state index contributed by atoms with van der Waals surface area (Å²) in [5.74, 6) is 1.36. The van der Waals surface area contributed by atoms with Gasteiger partial charge in [-0.3, -0.25) is 9.67 Å². The Hall–Kier alpha value is -3.68. The Kier molecular flexibility index (Phi) is 4.92. The first-order valence-corrected chi connectivity index (χ1v) is 10.9. The summed E-state index contributed by atoms with van der Waals surface area (Å²) < 4.78 is 17.2. The van der Waals surface area contributed by atoms with E-state index in [1.165, 1.54) is 18.5 Å². The van der Waals surface area contributed by atoms with E-state index in [1.54, 1.807) is 24.7 Å². The molecule has 0 bridgehead atoms. The SMILES string of the molecule is Cc1c(N)cncc1-c1cc2cc(Nc3cc4n(n3)CCCC[C@H]4C)ncc2c(N)c1F. The van der Waals surface area contributed by atoms with Gasteiger partial charge in [0.15, 0.2) is 11.6 Å². The lowest BCUT2D eigenvalue weighted by Gasteiger charge is -2.13. The maximum atomic E-state index is 15.1. The van der Waals surface area contributed by atoms with E-state index in [2.05, 4.69) is 33.0 Å². The van der Waals surface area contributed by atoms with Crippen LogP contribution in [-0.2, 0) is 6.54 Å². The van der Waals surface area contributed by atoms with Crippen molar-refractivity contribution in [3.05, 3.63) is 53.9 Å². The van der Waals surface area contributed by atoms with Gasteiger partial charge in [0, 0.05) is 47.2 Å². The zero-order chi connectivity index (χ0) is 22.4. The van der Waals surface area contributed by atoms with Crippen molar-refractivity contribution < 1.29 is 4.39 Å². The van der Waals surface area contributed by atoms with Crippen LogP contribution < -0.4 is 16.8 Å². The standard InChI is InChI=1S/C24H26FN7/c1-13-5-3-4-6-32-20(13)9-22(31-32)30-21-8-15-7-16(17-10-28-12-19(26)14(17)2)23(25)24(27)18(15)11-29-21/h7-13H,3-6,26-27H2,1-2H3,(H,29,30,31)/t13-/m1/s1. The fourth-order valence-corrected chi connectivity index (χ4v) is 4.43. The van der Waals surface area contributed by atoms with Gasteiger partial charge in [0.05, 0.1) is 17.6 Å². The quantitative estimate of drug-likeness (QED) is 0.388. The predicted molar refractivity (Wildman–Crippen MR) is 126 cm³/mol. The fraction of sp³-hybridized carbons (Fsp3) is 0.292. The number of halogens is 1. The molecule has 0 saturated heterocycles. The van der Waals surface area contributed by atoms with Crippen LogP contribution >= 0.6 is 0 Å². The first kappa shape index (κ1) is 20.2. The van der Waals surface area contributed by atoms with E-state index in [4.69, 9.17) is 16.6 Å². The number of hydrogen-bond donors (Lipinski definition) is 3. The molecule has 8 heteroatoms. The first-order chi connectivity index (χ1) is 15.4. The van der Waals surface area contributed by atoms with E-state index in [0.717, 1.165) is 29.7 Å². The molecule has 5 N–H and O–H groups in total. The van der Waals surface area contributed by atoms with Crippen LogP contribution in [0.3, 0.4) is 0 Å². The highest BCUT2D eigenvalue weighted by molar-refractivity contribution is 5.98. The van der Waals surface area contributed by atoms with Crippen LogP contribution in [0.25, 0.3) is 21.9 Å². The smallest absolute Gasteiger partial charge is 0.154 e. The number of anilines is 4. The van der Waals surface area contributed by atoms with Gasteiger partial charge in [0.1, 0.15) is 5.82 Å². The Morgan fingerprint density at radius 1 is 1.06 bits per heavy atom. The summed E-state index contributed by atoms with van der Waals surface area (Å²) in [6, 6.07) is 5.72. The van der Waals surface area contributed by atoms with Crippen LogP contribution in [0.1, 0.15) is 43.4 Å². The van der Waals surface area contributed by atoms with E-state index >= 15 is 4.39 Å². The summed E-state index contributed by atoms with van der Waals surface area (Å²) in [5.41, 5.74) is 15.7. The zero-order valence-corrected chi connectivity index (χ0v) is 18.2. The molecule has 32 heavy (non-hydrogen) atoms. The summed E-state index contributed by atoms with van der Waals surface area (Å²) in [6.07, 6.45) is 8.29. The van der Waals surface area contributed by atoms with Gasteiger partial charge in [0.2, 0.25) is 0 Å². The maximum absolute atomic E-state index is 15.1. The largest absolute Gasteiger partial charge is 0.397 e. The van der Waals surface area contributed by atoms with Crippen LogP contribution in [0.5, 0.6) is 0 Å². The molecule has 1 atom stereocenters. The van der Waals surface area contributed by atoms with E-state index in [-0.39, 0.29) is 5.69 Å². The number of nitrogen functional groups attached to an aromatic ring is 2. The Morgan fingerprint density at radius 2 is 1.91 bits per heavy atom. The Morgan fingerprint density at radius 3 is 2.75 bits per heavy atom. The second kappa shape index (κ2) is 7.78. The number of nitrogens with two attached hydrogens (primary N) is 2. The average Bonchev–Trinajstić information content (AvgIpc) is 3.10. The van der Waals surface area contributed by atoms with Gasteiger partial charge < -0.3 is 16.8 Å². The molecule has 7 nitrogen and oxygen atoms in total. The van der Waals surface area contributed by atoms with Crippen LogP contribution in [0.4, 0.5) is 27.4 Å². The van der Waals surface area contributed by atoms with Crippen LogP contribution in [0.15, 0.2) is 36.8 Å². The lowest BCUT2D eigenvalue weighted by atomic mass is 9.97. The number of hydrogen-bond acceptors (Lipinski definition) is 6. The lowest BCUT2D eigenvalue weighted by Crippen LogP contribution is -2.04. The highest BCUT2D eigenvalue weighted by Gasteiger charge is 2.19. The van der Waals surface area contributed by atoms with Crippen molar-refractivity contribution >= 4 is 33.8 Å². The second-order valence-corrected chi connectivity index (χ2v) is 8.54. The van der Waals surface area contributed by atoms with E-state index in [1.807, 2.05) is 13.0 Å². The van der Waals surface area contributed by atoms with Crippen LogP contribution in [-0.4, -0.2) is 19.7 Å². The van der Waals surface area contributed by atoms with Crippen LogP contribution in [0, 0.1) is 12.7 Å². The molecule has 164 valence electrons. The molecule has 0 unspecified atom stereocenters. The van der Waals surface area contributed by atoms with Gasteiger partial charge in [-0.25, -0.2) is 9.37 Å². The second-order valence-electron chi connectivity index (χ2n) is 8.54. The lowest BCUT2D eigenvalue weighted by molar-refractivity contribution is 0.577.